The summed E-state index contributed by atoms with van der Waals surface area (Å²) < 4.78 is 10.5. The summed E-state index contributed by atoms with van der Waals surface area (Å²) in [4.78, 5) is 12.5. The molecule has 0 aliphatic carbocycles. The fourth-order valence-corrected chi connectivity index (χ4v) is 2.83. The van der Waals surface area contributed by atoms with Crippen molar-refractivity contribution in [2.45, 2.75) is 5.60 Å². The van der Waals surface area contributed by atoms with Crippen LogP contribution in [0, 0.1) is 0 Å². The lowest BCUT2D eigenvalue weighted by Crippen LogP contribution is -2.40. The van der Waals surface area contributed by atoms with Crippen LogP contribution < -0.4 is 0 Å². The van der Waals surface area contributed by atoms with Crippen LogP contribution in [0.5, 0.6) is 0 Å². The minimum Gasteiger partial charge on any atom is -0.466 e. The SMILES string of the molecule is COC(=O)C(OC)(c1ccccc1)c1ccc(Cl)cc1Cl. The van der Waals surface area contributed by atoms with Crippen molar-refractivity contribution in [2.24, 2.45) is 0 Å². The highest BCUT2D eigenvalue weighted by molar-refractivity contribution is 6.35. The van der Waals surface area contributed by atoms with Crippen molar-refractivity contribution in [3.8, 4) is 0 Å². The van der Waals surface area contributed by atoms with E-state index in [1.54, 1.807) is 30.3 Å². The minimum atomic E-state index is -1.43. The zero-order valence-electron chi connectivity index (χ0n) is 11.6. The Morgan fingerprint density at radius 1 is 1.05 bits per heavy atom. The largest absolute Gasteiger partial charge is 0.466 e. The molecule has 3 nitrogen and oxygen atoms in total. The number of methoxy groups -OCH3 is 2. The number of benzene rings is 2. The monoisotopic (exact) mass is 324 g/mol. The smallest absolute Gasteiger partial charge is 0.347 e. The van der Waals surface area contributed by atoms with Crippen molar-refractivity contribution in [3.63, 3.8) is 0 Å². The quantitative estimate of drug-likeness (QED) is 0.796. The lowest BCUT2D eigenvalue weighted by atomic mass is 9.86. The van der Waals surface area contributed by atoms with Gasteiger partial charge in [0.05, 0.1) is 7.11 Å². The first-order valence-electron chi connectivity index (χ1n) is 6.21. The number of hydrogen-bond donors (Lipinski definition) is 0. The molecule has 1 unspecified atom stereocenters. The van der Waals surface area contributed by atoms with Gasteiger partial charge in [-0.2, -0.15) is 0 Å². The topological polar surface area (TPSA) is 35.5 Å². The van der Waals surface area contributed by atoms with Crippen molar-refractivity contribution in [2.75, 3.05) is 14.2 Å². The normalized spacial score (nSPS) is 13.5. The third-order valence-electron chi connectivity index (χ3n) is 3.27. The van der Waals surface area contributed by atoms with E-state index in [2.05, 4.69) is 0 Å². The van der Waals surface area contributed by atoms with Gasteiger partial charge in [-0.1, -0.05) is 59.6 Å². The summed E-state index contributed by atoms with van der Waals surface area (Å²) in [5.41, 5.74) is -0.324. The van der Waals surface area contributed by atoms with Gasteiger partial charge in [0, 0.05) is 22.7 Å². The Morgan fingerprint density at radius 3 is 2.24 bits per heavy atom. The summed E-state index contributed by atoms with van der Waals surface area (Å²) in [7, 11) is 2.75. The van der Waals surface area contributed by atoms with Crippen LogP contribution in [-0.2, 0) is 19.9 Å². The van der Waals surface area contributed by atoms with E-state index in [-0.39, 0.29) is 0 Å². The molecule has 0 spiro atoms. The van der Waals surface area contributed by atoms with E-state index in [1.807, 2.05) is 18.2 Å². The lowest BCUT2D eigenvalue weighted by molar-refractivity contribution is -0.162. The van der Waals surface area contributed by atoms with Crippen LogP contribution in [0.15, 0.2) is 48.5 Å². The van der Waals surface area contributed by atoms with Gasteiger partial charge in [0.1, 0.15) is 0 Å². The predicted molar refractivity (Wildman–Crippen MR) is 82.7 cm³/mol. The second-order valence-electron chi connectivity index (χ2n) is 4.37. The summed E-state index contributed by atoms with van der Waals surface area (Å²) in [6, 6.07) is 13.9. The first-order valence-corrected chi connectivity index (χ1v) is 6.96. The number of carbonyl (C=O) groups excluding carboxylic acids is 1. The predicted octanol–water partition coefficient (Wildman–Crippen LogP) is 4.06. The second-order valence-corrected chi connectivity index (χ2v) is 5.21. The van der Waals surface area contributed by atoms with Crippen LogP contribution in [0.25, 0.3) is 0 Å². The molecule has 0 radical (unpaired) electrons. The van der Waals surface area contributed by atoms with Crippen LogP contribution in [-0.4, -0.2) is 20.2 Å². The van der Waals surface area contributed by atoms with Gasteiger partial charge >= 0.3 is 5.97 Å². The molecule has 0 N–H and O–H groups in total. The van der Waals surface area contributed by atoms with Crippen molar-refractivity contribution in [3.05, 3.63) is 69.7 Å². The molecule has 0 saturated carbocycles. The van der Waals surface area contributed by atoms with E-state index in [9.17, 15) is 4.79 Å². The highest BCUT2D eigenvalue weighted by Gasteiger charge is 2.45. The van der Waals surface area contributed by atoms with Gasteiger partial charge in [0.2, 0.25) is 5.60 Å². The maximum Gasteiger partial charge on any atom is 0.347 e. The zero-order chi connectivity index (χ0) is 15.5. The van der Waals surface area contributed by atoms with E-state index in [1.165, 1.54) is 14.2 Å². The Balaban J connectivity index is 2.74. The number of hydrogen-bond acceptors (Lipinski definition) is 3. The number of halogens is 2. The maximum atomic E-state index is 12.5. The average Bonchev–Trinajstić information content (AvgIpc) is 2.51. The van der Waals surface area contributed by atoms with Crippen molar-refractivity contribution >= 4 is 29.2 Å². The van der Waals surface area contributed by atoms with Gasteiger partial charge in [-0.15, -0.1) is 0 Å². The number of ether oxygens (including phenoxy) is 2. The molecule has 0 saturated heterocycles. The lowest BCUT2D eigenvalue weighted by Gasteiger charge is -2.31. The molecule has 0 bridgehead atoms. The summed E-state index contributed by atoms with van der Waals surface area (Å²) in [5, 5.41) is 0.810. The molecule has 2 aromatic rings. The molecule has 0 fully saturated rings. The van der Waals surface area contributed by atoms with Crippen molar-refractivity contribution in [1.82, 2.24) is 0 Å². The third-order valence-corrected chi connectivity index (χ3v) is 3.82. The van der Waals surface area contributed by atoms with Crippen LogP contribution in [0.1, 0.15) is 11.1 Å². The Labute approximate surface area is 133 Å². The molecule has 0 aliphatic heterocycles. The van der Waals surface area contributed by atoms with Gasteiger partial charge in [0.25, 0.3) is 0 Å². The average molecular weight is 325 g/mol. The minimum absolute atomic E-state index is 0.332. The first-order chi connectivity index (χ1) is 10.1. The van der Waals surface area contributed by atoms with Gasteiger partial charge < -0.3 is 9.47 Å². The van der Waals surface area contributed by atoms with Crippen LogP contribution in [0.4, 0.5) is 0 Å². The van der Waals surface area contributed by atoms with Gasteiger partial charge in [0.15, 0.2) is 0 Å². The fraction of sp³-hybridized carbons (Fsp3) is 0.188. The van der Waals surface area contributed by atoms with E-state index in [0.29, 0.717) is 21.2 Å². The van der Waals surface area contributed by atoms with E-state index in [0.717, 1.165) is 0 Å². The molecule has 0 aromatic heterocycles. The first kappa shape index (κ1) is 15.8. The molecule has 2 rings (SSSR count). The van der Waals surface area contributed by atoms with E-state index < -0.39 is 11.6 Å². The molecule has 2 aromatic carbocycles. The van der Waals surface area contributed by atoms with E-state index >= 15 is 0 Å². The highest BCUT2D eigenvalue weighted by atomic mass is 35.5. The van der Waals surface area contributed by atoms with Crippen LogP contribution in [0.2, 0.25) is 10.0 Å². The number of carbonyl (C=O) groups is 1. The fourth-order valence-electron chi connectivity index (χ4n) is 2.29. The molecule has 0 aliphatic rings. The van der Waals surface area contributed by atoms with Crippen molar-refractivity contribution < 1.29 is 14.3 Å². The summed E-state index contributed by atoms with van der Waals surface area (Å²) in [6.07, 6.45) is 0. The number of esters is 1. The molecule has 1 atom stereocenters. The second kappa shape index (κ2) is 6.48. The van der Waals surface area contributed by atoms with Gasteiger partial charge in [-0.25, -0.2) is 4.79 Å². The summed E-state index contributed by atoms with van der Waals surface area (Å²) in [6.45, 7) is 0. The van der Waals surface area contributed by atoms with Crippen molar-refractivity contribution in [1.29, 1.82) is 0 Å². The maximum absolute atomic E-state index is 12.5. The summed E-state index contributed by atoms with van der Waals surface area (Å²) >= 11 is 12.2. The summed E-state index contributed by atoms with van der Waals surface area (Å²) in [5.74, 6) is -0.555. The van der Waals surface area contributed by atoms with Gasteiger partial charge in [-0.3, -0.25) is 0 Å². The Hall–Kier alpha value is -1.55. The van der Waals surface area contributed by atoms with Gasteiger partial charge in [-0.05, 0) is 17.7 Å². The molecule has 0 heterocycles. The van der Waals surface area contributed by atoms with Crippen LogP contribution >= 0.6 is 23.2 Å². The Morgan fingerprint density at radius 2 is 1.71 bits per heavy atom. The Bertz CT molecular complexity index is 643. The zero-order valence-corrected chi connectivity index (χ0v) is 13.1. The molecule has 21 heavy (non-hydrogen) atoms. The van der Waals surface area contributed by atoms with E-state index in [4.69, 9.17) is 32.7 Å². The highest BCUT2D eigenvalue weighted by Crippen LogP contribution is 2.39. The molecular formula is C16H14Cl2O3. The third kappa shape index (κ3) is 2.77. The molecule has 0 amide bonds. The van der Waals surface area contributed by atoms with Crippen LogP contribution in [0.3, 0.4) is 0 Å². The standard InChI is InChI=1S/C16H14Cl2O3/c1-20-15(19)16(21-2,11-6-4-3-5-7-11)13-9-8-12(17)10-14(13)18/h3-10H,1-2H3. The number of rotatable bonds is 4. The Kier molecular flexibility index (Phi) is 4.88. The molecular weight excluding hydrogens is 311 g/mol. The molecule has 110 valence electrons. The molecule has 5 heteroatoms.